The molecule has 0 aromatic heterocycles. The van der Waals surface area contributed by atoms with Gasteiger partial charge in [0, 0.05) is 16.9 Å². The summed E-state index contributed by atoms with van der Waals surface area (Å²) in [4.78, 5) is 0. The molecule has 0 saturated carbocycles. The van der Waals surface area contributed by atoms with E-state index in [0.717, 1.165) is 5.70 Å². The summed E-state index contributed by atoms with van der Waals surface area (Å²) in [6.07, 6.45) is 0. The Balaban J connectivity index is 2.18. The van der Waals surface area contributed by atoms with Gasteiger partial charge in [-0.05, 0) is 18.1 Å². The summed E-state index contributed by atoms with van der Waals surface area (Å²) in [5, 5.41) is 2.19. The van der Waals surface area contributed by atoms with E-state index in [9.17, 15) is 0 Å². The first kappa shape index (κ1) is 10.4. The van der Waals surface area contributed by atoms with Crippen LogP contribution in [0.4, 0.5) is 5.69 Å². The number of hydrazine groups is 1. The lowest BCUT2D eigenvalue weighted by Gasteiger charge is -2.27. The quantitative estimate of drug-likeness (QED) is 0.510. The van der Waals surface area contributed by atoms with Crippen LogP contribution in [0.15, 0.2) is 48.2 Å². The van der Waals surface area contributed by atoms with E-state index >= 15 is 0 Å². The summed E-state index contributed by atoms with van der Waals surface area (Å²) < 4.78 is 1.97. The third-order valence-corrected chi connectivity index (χ3v) is 3.77. The fourth-order valence-electron chi connectivity index (χ4n) is 2.91. The molecule has 2 aromatic rings. The van der Waals surface area contributed by atoms with Crippen molar-refractivity contribution in [3.63, 3.8) is 0 Å². The molecule has 0 atom stereocenters. The molecule has 2 nitrogen and oxygen atoms in total. The Morgan fingerprint density at radius 2 is 1.68 bits per heavy atom. The Kier molecular flexibility index (Phi) is 1.91. The number of benzene rings is 2. The SMILES string of the molecule is Cc1cccc2c1N1C(=C=C=[N+]1C)c1ccccc1-2. The van der Waals surface area contributed by atoms with E-state index in [2.05, 4.69) is 66.0 Å². The highest BCUT2D eigenvalue weighted by Gasteiger charge is 2.35. The fraction of sp³-hybridized carbons (Fsp3) is 0.118. The highest BCUT2D eigenvalue weighted by molar-refractivity contribution is 6.00. The number of para-hydroxylation sites is 1. The predicted octanol–water partition coefficient (Wildman–Crippen LogP) is 3.22. The Hall–Kier alpha value is -2.53. The summed E-state index contributed by atoms with van der Waals surface area (Å²) in [6.45, 7) is 2.15. The minimum absolute atomic E-state index is 1.08. The number of aryl methyl sites for hydroxylation is 1. The molecule has 4 rings (SSSR count). The van der Waals surface area contributed by atoms with Crippen molar-refractivity contribution >= 4 is 17.3 Å². The molecule has 2 aliphatic rings. The number of hydrogen-bond acceptors (Lipinski definition) is 1. The van der Waals surface area contributed by atoms with Gasteiger partial charge in [0.25, 0.3) is 5.87 Å². The second kappa shape index (κ2) is 3.49. The molecule has 0 spiro atoms. The van der Waals surface area contributed by atoms with Gasteiger partial charge < -0.3 is 0 Å². The molecule has 2 aliphatic heterocycles. The average molecular weight is 245 g/mol. The van der Waals surface area contributed by atoms with Crippen LogP contribution in [0, 0.1) is 6.92 Å². The molecule has 2 aromatic carbocycles. The molecule has 0 bridgehead atoms. The lowest BCUT2D eigenvalue weighted by atomic mass is 9.90. The predicted molar refractivity (Wildman–Crippen MR) is 77.2 cm³/mol. The number of rotatable bonds is 0. The second-order valence-electron chi connectivity index (χ2n) is 4.94. The van der Waals surface area contributed by atoms with Crippen molar-refractivity contribution in [2.45, 2.75) is 6.92 Å². The van der Waals surface area contributed by atoms with Gasteiger partial charge in [0.15, 0.2) is 12.7 Å². The van der Waals surface area contributed by atoms with Crippen molar-refractivity contribution in [3.8, 4) is 11.1 Å². The largest absolute Gasteiger partial charge is 0.255 e. The van der Waals surface area contributed by atoms with E-state index in [1.165, 1.54) is 27.9 Å². The van der Waals surface area contributed by atoms with Gasteiger partial charge in [-0.1, -0.05) is 47.1 Å². The van der Waals surface area contributed by atoms with E-state index in [1.54, 1.807) is 0 Å². The van der Waals surface area contributed by atoms with Crippen LogP contribution in [-0.4, -0.2) is 17.6 Å². The summed E-state index contributed by atoms with van der Waals surface area (Å²) >= 11 is 0. The van der Waals surface area contributed by atoms with E-state index in [4.69, 9.17) is 0 Å². The van der Waals surface area contributed by atoms with Crippen LogP contribution in [0.1, 0.15) is 11.1 Å². The zero-order valence-electron chi connectivity index (χ0n) is 10.9. The lowest BCUT2D eigenvalue weighted by molar-refractivity contribution is -0.490. The van der Waals surface area contributed by atoms with Crippen LogP contribution in [0.5, 0.6) is 0 Å². The minimum Gasteiger partial charge on any atom is -0.102 e. The summed E-state index contributed by atoms with van der Waals surface area (Å²) in [6, 6.07) is 14.9. The first-order chi connectivity index (χ1) is 9.27. The molecule has 0 fully saturated rings. The Labute approximate surface area is 112 Å². The number of hydrazone groups is 1. The highest BCUT2D eigenvalue weighted by Crippen LogP contribution is 2.45. The fourth-order valence-corrected chi connectivity index (χ4v) is 2.91. The maximum absolute atomic E-state index is 3.25. The summed E-state index contributed by atoms with van der Waals surface area (Å²) in [7, 11) is 2.00. The minimum atomic E-state index is 1.08. The maximum Gasteiger partial charge on any atom is 0.255 e. The smallest absolute Gasteiger partial charge is 0.102 e. The van der Waals surface area contributed by atoms with Gasteiger partial charge in [-0.2, -0.15) is 0 Å². The molecule has 2 heterocycles. The van der Waals surface area contributed by atoms with Crippen molar-refractivity contribution in [3.05, 3.63) is 59.3 Å². The van der Waals surface area contributed by atoms with Crippen molar-refractivity contribution < 1.29 is 4.68 Å². The van der Waals surface area contributed by atoms with Crippen LogP contribution in [0.2, 0.25) is 0 Å². The lowest BCUT2D eigenvalue weighted by Crippen LogP contribution is -2.31. The first-order valence-corrected chi connectivity index (χ1v) is 6.39. The monoisotopic (exact) mass is 245 g/mol. The molecule has 0 saturated heterocycles. The molecular weight excluding hydrogens is 232 g/mol. The van der Waals surface area contributed by atoms with Gasteiger partial charge in [0.2, 0.25) is 0 Å². The standard InChI is InChI=1S/C17H13N2/c1-12-6-5-9-15-13-7-3-4-8-14(13)16-10-11-18(2)19(16)17(12)15/h3-9H,1-2H3/q+1. The number of fused-ring (bicyclic) bond motifs is 6. The Morgan fingerprint density at radius 3 is 2.53 bits per heavy atom. The van der Waals surface area contributed by atoms with Crippen LogP contribution in [0.25, 0.3) is 16.8 Å². The zero-order valence-corrected chi connectivity index (χ0v) is 10.9. The Morgan fingerprint density at radius 1 is 0.947 bits per heavy atom. The van der Waals surface area contributed by atoms with Crippen LogP contribution in [0.3, 0.4) is 0 Å². The van der Waals surface area contributed by atoms with Crippen LogP contribution >= 0.6 is 0 Å². The third kappa shape index (κ3) is 1.25. The van der Waals surface area contributed by atoms with Crippen LogP contribution < -0.4 is 5.01 Å². The molecule has 0 radical (unpaired) electrons. The Bertz CT molecular complexity index is 817. The molecule has 0 aliphatic carbocycles. The highest BCUT2D eigenvalue weighted by atomic mass is 15.6. The molecular formula is C17H13N2+. The number of anilines is 1. The van der Waals surface area contributed by atoms with E-state index in [1.807, 2.05) is 11.7 Å². The number of hydrogen-bond donors (Lipinski definition) is 0. The molecule has 0 unspecified atom stereocenters. The van der Waals surface area contributed by atoms with Crippen molar-refractivity contribution in [2.75, 3.05) is 12.1 Å². The van der Waals surface area contributed by atoms with Crippen molar-refractivity contribution in [2.24, 2.45) is 0 Å². The molecule has 19 heavy (non-hydrogen) atoms. The van der Waals surface area contributed by atoms with Crippen LogP contribution in [-0.2, 0) is 0 Å². The van der Waals surface area contributed by atoms with Gasteiger partial charge in [0.05, 0.1) is 0 Å². The average Bonchev–Trinajstić information content (AvgIpc) is 2.82. The van der Waals surface area contributed by atoms with Gasteiger partial charge in [-0.3, -0.25) is 0 Å². The molecule has 0 N–H and O–H groups in total. The molecule has 2 heteroatoms. The van der Waals surface area contributed by atoms with Gasteiger partial charge in [0.1, 0.15) is 5.69 Å². The zero-order chi connectivity index (χ0) is 13.0. The normalized spacial score (nSPS) is 14.5. The summed E-state index contributed by atoms with van der Waals surface area (Å²) in [5.41, 5.74) is 10.6. The van der Waals surface area contributed by atoms with E-state index in [0.29, 0.717) is 0 Å². The van der Waals surface area contributed by atoms with Gasteiger partial charge in [-0.25, -0.2) is 0 Å². The maximum atomic E-state index is 3.25. The van der Waals surface area contributed by atoms with Gasteiger partial charge >= 0.3 is 0 Å². The topological polar surface area (TPSA) is 6.25 Å². The van der Waals surface area contributed by atoms with E-state index in [-0.39, 0.29) is 0 Å². The molecule has 90 valence electrons. The second-order valence-corrected chi connectivity index (χ2v) is 4.94. The third-order valence-electron chi connectivity index (χ3n) is 3.77. The van der Waals surface area contributed by atoms with Crippen molar-refractivity contribution in [1.82, 2.24) is 0 Å². The van der Waals surface area contributed by atoms with Crippen molar-refractivity contribution in [1.29, 1.82) is 0 Å². The number of nitrogens with zero attached hydrogens (tertiary/aromatic N) is 2. The first-order valence-electron chi connectivity index (χ1n) is 6.39. The van der Waals surface area contributed by atoms with Gasteiger partial charge in [-0.15, -0.1) is 5.01 Å². The summed E-state index contributed by atoms with van der Waals surface area (Å²) in [5.74, 6) is 3.14. The molecule has 0 amide bonds. The van der Waals surface area contributed by atoms with E-state index < -0.39 is 0 Å².